The molecule has 0 heterocycles. The summed E-state index contributed by atoms with van der Waals surface area (Å²) in [7, 11) is 0. The minimum atomic E-state index is -0.758. The van der Waals surface area contributed by atoms with Gasteiger partial charge in [-0.25, -0.2) is 0 Å². The van der Waals surface area contributed by atoms with Crippen LogP contribution in [0.2, 0.25) is 0 Å². The number of amides is 2. The van der Waals surface area contributed by atoms with Gasteiger partial charge >= 0.3 is 0 Å². The van der Waals surface area contributed by atoms with Gasteiger partial charge in [0, 0.05) is 29.5 Å². The Balaban J connectivity index is 2.39. The lowest BCUT2D eigenvalue weighted by molar-refractivity contribution is -0.117. The lowest BCUT2D eigenvalue weighted by atomic mass is 10.0. The number of carbonyl (C=O) groups is 3. The minimum absolute atomic E-state index is 0.200. The lowest BCUT2D eigenvalue weighted by Crippen LogP contribution is -2.37. The largest absolute Gasteiger partial charge is 0.326 e. The van der Waals surface area contributed by atoms with Gasteiger partial charge in [0.2, 0.25) is 11.8 Å². The van der Waals surface area contributed by atoms with Gasteiger partial charge in [0.1, 0.15) is 0 Å². The number of rotatable bonds is 6. The van der Waals surface area contributed by atoms with Crippen LogP contribution in [-0.2, 0) is 9.59 Å². The molecule has 0 unspecified atom stereocenters. The predicted molar refractivity (Wildman–Crippen MR) is 101 cm³/mol. The van der Waals surface area contributed by atoms with E-state index in [1.54, 1.807) is 42.5 Å². The van der Waals surface area contributed by atoms with E-state index in [-0.39, 0.29) is 23.0 Å². The Morgan fingerprint density at radius 2 is 1.76 bits per heavy atom. The van der Waals surface area contributed by atoms with Gasteiger partial charge in [-0.1, -0.05) is 30.3 Å². The molecule has 0 fully saturated rings. The van der Waals surface area contributed by atoms with Crippen molar-refractivity contribution < 1.29 is 14.4 Å². The molecule has 2 amide bonds. The van der Waals surface area contributed by atoms with Crippen molar-refractivity contribution in [3.8, 4) is 0 Å². The summed E-state index contributed by atoms with van der Waals surface area (Å²) < 4.78 is 0. The number of anilines is 2. The Kier molecular flexibility index (Phi) is 6.32. The molecule has 0 spiro atoms. The summed E-state index contributed by atoms with van der Waals surface area (Å²) in [5.41, 5.74) is 7.18. The number of thiol groups is 1. The maximum Gasteiger partial charge on any atom is 0.242 e. The zero-order valence-corrected chi connectivity index (χ0v) is 14.5. The first kappa shape index (κ1) is 18.7. The van der Waals surface area contributed by atoms with E-state index in [0.717, 1.165) is 0 Å². The van der Waals surface area contributed by atoms with Gasteiger partial charge in [0.15, 0.2) is 5.78 Å². The van der Waals surface area contributed by atoms with Crippen LogP contribution in [0.25, 0.3) is 0 Å². The third-order valence-corrected chi connectivity index (χ3v) is 3.81. The van der Waals surface area contributed by atoms with E-state index in [0.29, 0.717) is 16.9 Å². The summed E-state index contributed by atoms with van der Waals surface area (Å²) in [6.07, 6.45) is 0. The second kappa shape index (κ2) is 8.46. The van der Waals surface area contributed by atoms with Crippen molar-refractivity contribution in [2.75, 3.05) is 16.4 Å². The highest BCUT2D eigenvalue weighted by Crippen LogP contribution is 2.24. The van der Waals surface area contributed by atoms with E-state index >= 15 is 0 Å². The molecule has 0 radical (unpaired) electrons. The van der Waals surface area contributed by atoms with Crippen LogP contribution in [0.5, 0.6) is 0 Å². The molecular weight excluding hydrogens is 338 g/mol. The van der Waals surface area contributed by atoms with Crippen LogP contribution >= 0.6 is 12.6 Å². The van der Waals surface area contributed by atoms with E-state index in [1.807, 2.05) is 0 Å². The predicted octanol–water partition coefficient (Wildman–Crippen LogP) is 2.07. The van der Waals surface area contributed by atoms with Crippen molar-refractivity contribution in [1.82, 2.24) is 0 Å². The van der Waals surface area contributed by atoms with Crippen LogP contribution in [0, 0.1) is 0 Å². The molecule has 0 aromatic heterocycles. The van der Waals surface area contributed by atoms with Crippen molar-refractivity contribution in [3.63, 3.8) is 0 Å². The van der Waals surface area contributed by atoms with E-state index in [1.165, 1.54) is 13.0 Å². The normalized spacial score (nSPS) is 11.5. The highest BCUT2D eigenvalue weighted by molar-refractivity contribution is 7.80. The van der Waals surface area contributed by atoms with E-state index in [2.05, 4.69) is 23.3 Å². The number of ketones is 1. The smallest absolute Gasteiger partial charge is 0.242 e. The van der Waals surface area contributed by atoms with Gasteiger partial charge < -0.3 is 16.4 Å². The molecule has 0 bridgehead atoms. The molecule has 130 valence electrons. The third-order valence-electron chi connectivity index (χ3n) is 3.41. The van der Waals surface area contributed by atoms with Gasteiger partial charge in [-0.3, -0.25) is 14.4 Å². The van der Waals surface area contributed by atoms with E-state index in [4.69, 9.17) is 5.73 Å². The summed E-state index contributed by atoms with van der Waals surface area (Å²) in [5, 5.41) is 5.27. The Morgan fingerprint density at radius 1 is 1.08 bits per heavy atom. The second-order valence-electron chi connectivity index (χ2n) is 5.42. The molecule has 6 nitrogen and oxygen atoms in total. The summed E-state index contributed by atoms with van der Waals surface area (Å²) in [4.78, 5) is 36.1. The molecule has 1 atom stereocenters. The zero-order chi connectivity index (χ0) is 18.4. The molecule has 0 aliphatic carbocycles. The number of benzene rings is 2. The summed E-state index contributed by atoms with van der Waals surface area (Å²) >= 11 is 3.99. The Morgan fingerprint density at radius 3 is 2.36 bits per heavy atom. The summed E-state index contributed by atoms with van der Waals surface area (Å²) in [6.45, 7) is 1.36. The van der Waals surface area contributed by atoms with Gasteiger partial charge in [0.25, 0.3) is 0 Å². The number of nitrogens with two attached hydrogens (primary N) is 1. The van der Waals surface area contributed by atoms with E-state index in [9.17, 15) is 14.4 Å². The molecule has 2 aromatic carbocycles. The highest BCUT2D eigenvalue weighted by Gasteiger charge is 2.17. The van der Waals surface area contributed by atoms with E-state index < -0.39 is 11.9 Å². The van der Waals surface area contributed by atoms with Gasteiger partial charge in [-0.2, -0.15) is 12.6 Å². The lowest BCUT2D eigenvalue weighted by Gasteiger charge is -2.14. The maximum atomic E-state index is 12.8. The number of hydrogen-bond acceptors (Lipinski definition) is 5. The van der Waals surface area contributed by atoms with Crippen LogP contribution in [0.3, 0.4) is 0 Å². The van der Waals surface area contributed by atoms with Crippen LogP contribution in [-0.4, -0.2) is 29.4 Å². The standard InChI is InChI=1S/C18H19N3O3S/c1-11(22)20-16-8-7-13(21-18(24)15(19)10-25)9-14(16)17(23)12-5-3-2-4-6-12/h2-9,15,25H,10,19H2,1H3,(H,20,22)(H,21,24)/t15-/m0/s1. The fraction of sp³-hybridized carbons (Fsp3) is 0.167. The van der Waals surface area contributed by atoms with Crippen LogP contribution in [0.15, 0.2) is 48.5 Å². The Labute approximate surface area is 151 Å². The first-order valence-corrected chi connectivity index (χ1v) is 8.24. The molecule has 0 aliphatic rings. The average molecular weight is 357 g/mol. The number of hydrogen-bond donors (Lipinski definition) is 4. The van der Waals surface area contributed by atoms with Crippen LogP contribution < -0.4 is 16.4 Å². The fourth-order valence-corrected chi connectivity index (χ4v) is 2.34. The van der Waals surface area contributed by atoms with Crippen LogP contribution in [0.4, 0.5) is 11.4 Å². The zero-order valence-electron chi connectivity index (χ0n) is 13.7. The maximum absolute atomic E-state index is 12.8. The molecular formula is C18H19N3O3S. The van der Waals surface area contributed by atoms with Crippen molar-refractivity contribution >= 4 is 41.6 Å². The molecule has 25 heavy (non-hydrogen) atoms. The van der Waals surface area contributed by atoms with Gasteiger partial charge in [0.05, 0.1) is 11.7 Å². The quantitative estimate of drug-likeness (QED) is 0.469. The van der Waals surface area contributed by atoms with Crippen molar-refractivity contribution in [3.05, 3.63) is 59.7 Å². The Hall–Kier alpha value is -2.64. The second-order valence-corrected chi connectivity index (χ2v) is 5.78. The minimum Gasteiger partial charge on any atom is -0.326 e. The number of carbonyl (C=O) groups excluding carboxylic acids is 3. The fourth-order valence-electron chi connectivity index (χ4n) is 2.17. The van der Waals surface area contributed by atoms with Gasteiger partial charge in [-0.15, -0.1) is 0 Å². The van der Waals surface area contributed by atoms with Crippen molar-refractivity contribution in [2.45, 2.75) is 13.0 Å². The first-order valence-electron chi connectivity index (χ1n) is 7.61. The molecule has 2 aromatic rings. The summed E-state index contributed by atoms with van der Waals surface area (Å²) in [5.74, 6) is -0.763. The van der Waals surface area contributed by atoms with Gasteiger partial charge in [-0.05, 0) is 18.2 Å². The highest BCUT2D eigenvalue weighted by atomic mass is 32.1. The monoisotopic (exact) mass is 357 g/mol. The first-order chi connectivity index (χ1) is 11.9. The molecule has 4 N–H and O–H groups in total. The topological polar surface area (TPSA) is 101 Å². The molecule has 0 saturated heterocycles. The SMILES string of the molecule is CC(=O)Nc1ccc(NC(=O)[C@@H](N)CS)cc1C(=O)c1ccccc1. The molecule has 7 heteroatoms. The molecule has 0 aliphatic heterocycles. The number of nitrogens with one attached hydrogen (secondary N) is 2. The Bertz CT molecular complexity index is 793. The third kappa shape index (κ3) is 4.91. The molecule has 0 saturated carbocycles. The molecule has 2 rings (SSSR count). The van der Waals surface area contributed by atoms with Crippen LogP contribution in [0.1, 0.15) is 22.8 Å². The van der Waals surface area contributed by atoms with Crippen molar-refractivity contribution in [2.24, 2.45) is 5.73 Å². The van der Waals surface area contributed by atoms with Crippen molar-refractivity contribution in [1.29, 1.82) is 0 Å². The average Bonchev–Trinajstić information content (AvgIpc) is 2.61. The summed E-state index contributed by atoms with van der Waals surface area (Å²) in [6, 6.07) is 12.6.